The molecule has 1 N–H and O–H groups in total. The van der Waals surface area contributed by atoms with Gasteiger partial charge in [-0.2, -0.15) is 0 Å². The first-order chi connectivity index (χ1) is 8.08. The fraction of sp³-hybridized carbons (Fsp3) is 0.467. The molecule has 1 aliphatic rings. The van der Waals surface area contributed by atoms with Gasteiger partial charge in [-0.1, -0.05) is 37.3 Å². The van der Waals surface area contributed by atoms with Gasteiger partial charge < -0.3 is 5.11 Å². The van der Waals surface area contributed by atoms with Crippen molar-refractivity contribution in [3.05, 3.63) is 42.5 Å². The maximum Gasteiger partial charge on any atom is 0.0679 e. The normalized spacial score (nSPS) is 33.4. The van der Waals surface area contributed by atoms with Crippen molar-refractivity contribution in [2.75, 3.05) is 0 Å². The highest BCUT2D eigenvalue weighted by atomic mass is 32.2. The van der Waals surface area contributed by atoms with Crippen LogP contribution in [0.15, 0.2) is 47.4 Å². The Kier molecular flexibility index (Phi) is 3.95. The molecule has 2 rings (SSSR count). The predicted octanol–water partition coefficient (Wildman–Crippen LogP) is 3.88. The van der Waals surface area contributed by atoms with Crippen molar-refractivity contribution < 1.29 is 5.11 Å². The minimum absolute atomic E-state index is 0.240. The van der Waals surface area contributed by atoms with Gasteiger partial charge in [0.1, 0.15) is 0 Å². The average molecular weight is 248 g/mol. The lowest BCUT2D eigenvalue weighted by molar-refractivity contribution is 0.0169. The first-order valence-corrected chi connectivity index (χ1v) is 7.08. The maximum atomic E-state index is 10.2. The molecule has 1 aromatic rings. The first kappa shape index (κ1) is 12.7. The first-order valence-electron chi connectivity index (χ1n) is 6.20. The topological polar surface area (TPSA) is 20.2 Å². The molecule has 0 saturated carbocycles. The van der Waals surface area contributed by atoms with Gasteiger partial charge in [-0.05, 0) is 31.9 Å². The van der Waals surface area contributed by atoms with E-state index in [1.165, 1.54) is 4.90 Å². The molecule has 92 valence electrons. The largest absolute Gasteiger partial charge is 0.390 e. The highest BCUT2D eigenvalue weighted by Gasteiger charge is 2.29. The van der Waals surface area contributed by atoms with Gasteiger partial charge in [-0.25, -0.2) is 0 Å². The number of benzene rings is 1. The van der Waals surface area contributed by atoms with E-state index in [1.807, 2.05) is 24.8 Å². The fourth-order valence-corrected chi connectivity index (χ4v) is 3.10. The summed E-state index contributed by atoms with van der Waals surface area (Å²) >= 11 is 1.88. The Morgan fingerprint density at radius 3 is 2.65 bits per heavy atom. The zero-order chi connectivity index (χ0) is 12.3. The molecule has 0 aliphatic heterocycles. The summed E-state index contributed by atoms with van der Waals surface area (Å²) in [6, 6.07) is 10.5. The van der Waals surface area contributed by atoms with E-state index in [4.69, 9.17) is 0 Å². The van der Waals surface area contributed by atoms with E-state index >= 15 is 0 Å². The molecule has 0 heterocycles. The molecule has 2 heteroatoms. The fourth-order valence-electron chi connectivity index (χ4n) is 2.03. The molecule has 0 radical (unpaired) electrons. The molecule has 1 unspecified atom stereocenters. The minimum Gasteiger partial charge on any atom is -0.390 e. The van der Waals surface area contributed by atoms with Gasteiger partial charge in [-0.15, -0.1) is 11.8 Å². The van der Waals surface area contributed by atoms with Gasteiger partial charge in [0.15, 0.2) is 0 Å². The van der Waals surface area contributed by atoms with Crippen molar-refractivity contribution in [1.29, 1.82) is 0 Å². The molecule has 3 atom stereocenters. The standard InChI is InChI=1S/C15H20OS/c1-12-8-9-14(10-11-15(12,2)16)17-13-6-4-3-5-7-13/h3-9,12,14,16H,10-11H2,1-2H3/t12?,14-,15+/m0/s1. The van der Waals surface area contributed by atoms with Crippen LogP contribution in [0.3, 0.4) is 0 Å². The Bertz CT molecular complexity index is 383. The molecule has 1 nitrogen and oxygen atoms in total. The molecule has 0 bridgehead atoms. The predicted molar refractivity (Wildman–Crippen MR) is 74.2 cm³/mol. The van der Waals surface area contributed by atoms with Crippen molar-refractivity contribution in [3.8, 4) is 0 Å². The number of aliphatic hydroxyl groups is 1. The van der Waals surface area contributed by atoms with Crippen LogP contribution in [0.4, 0.5) is 0 Å². The summed E-state index contributed by atoms with van der Waals surface area (Å²) in [5.74, 6) is 0.240. The average Bonchev–Trinajstić information content (AvgIpc) is 2.44. The van der Waals surface area contributed by atoms with Crippen molar-refractivity contribution in [2.45, 2.75) is 42.4 Å². The zero-order valence-electron chi connectivity index (χ0n) is 10.5. The SMILES string of the molecule is CC1C=C[C@H](Sc2ccccc2)CC[C@@]1(C)O. The van der Waals surface area contributed by atoms with Crippen molar-refractivity contribution in [3.63, 3.8) is 0 Å². The Morgan fingerprint density at radius 2 is 1.94 bits per heavy atom. The summed E-state index contributed by atoms with van der Waals surface area (Å²) < 4.78 is 0. The van der Waals surface area contributed by atoms with Crippen LogP contribution in [0.1, 0.15) is 26.7 Å². The zero-order valence-corrected chi connectivity index (χ0v) is 11.3. The van der Waals surface area contributed by atoms with Gasteiger partial charge in [-0.3, -0.25) is 0 Å². The number of hydrogen-bond donors (Lipinski definition) is 1. The van der Waals surface area contributed by atoms with Gasteiger partial charge in [0.2, 0.25) is 0 Å². The summed E-state index contributed by atoms with van der Waals surface area (Å²) in [6.45, 7) is 4.03. The molecule has 1 aliphatic carbocycles. The summed E-state index contributed by atoms with van der Waals surface area (Å²) in [5, 5.41) is 10.7. The summed E-state index contributed by atoms with van der Waals surface area (Å²) in [5.41, 5.74) is -0.553. The van der Waals surface area contributed by atoms with E-state index in [2.05, 4.69) is 43.3 Å². The minimum atomic E-state index is -0.553. The van der Waals surface area contributed by atoms with Crippen LogP contribution in [-0.4, -0.2) is 16.0 Å². The van der Waals surface area contributed by atoms with Crippen LogP contribution < -0.4 is 0 Å². The van der Waals surface area contributed by atoms with E-state index in [1.54, 1.807) is 0 Å². The van der Waals surface area contributed by atoms with Crippen molar-refractivity contribution in [1.82, 2.24) is 0 Å². The highest BCUT2D eigenvalue weighted by Crippen LogP contribution is 2.34. The van der Waals surface area contributed by atoms with Gasteiger partial charge in [0, 0.05) is 16.1 Å². The van der Waals surface area contributed by atoms with Gasteiger partial charge in [0.25, 0.3) is 0 Å². The Morgan fingerprint density at radius 1 is 1.24 bits per heavy atom. The second kappa shape index (κ2) is 5.28. The van der Waals surface area contributed by atoms with Crippen molar-refractivity contribution >= 4 is 11.8 Å². The van der Waals surface area contributed by atoms with Gasteiger partial charge >= 0.3 is 0 Å². The number of rotatable bonds is 2. The third-order valence-corrected chi connectivity index (χ3v) is 4.80. The van der Waals surface area contributed by atoms with Crippen LogP contribution in [0.5, 0.6) is 0 Å². The molecule has 17 heavy (non-hydrogen) atoms. The molecule has 0 fully saturated rings. The third-order valence-electron chi connectivity index (χ3n) is 3.56. The van der Waals surface area contributed by atoms with E-state index in [0.717, 1.165) is 12.8 Å². The van der Waals surface area contributed by atoms with Crippen LogP contribution in [-0.2, 0) is 0 Å². The lowest BCUT2D eigenvalue weighted by atomic mass is 9.88. The van der Waals surface area contributed by atoms with Crippen LogP contribution >= 0.6 is 11.8 Å². The summed E-state index contributed by atoms with van der Waals surface area (Å²) in [6.07, 6.45) is 6.32. The molecular weight excluding hydrogens is 228 g/mol. The second-order valence-electron chi connectivity index (χ2n) is 5.04. The highest BCUT2D eigenvalue weighted by molar-refractivity contribution is 8.00. The smallest absolute Gasteiger partial charge is 0.0679 e. The van der Waals surface area contributed by atoms with Crippen LogP contribution in [0.25, 0.3) is 0 Å². The lowest BCUT2D eigenvalue weighted by Gasteiger charge is -2.26. The monoisotopic (exact) mass is 248 g/mol. The quantitative estimate of drug-likeness (QED) is 0.801. The van der Waals surface area contributed by atoms with E-state index in [9.17, 15) is 5.11 Å². The molecule has 0 aromatic heterocycles. The van der Waals surface area contributed by atoms with E-state index < -0.39 is 5.60 Å². The van der Waals surface area contributed by atoms with Crippen LogP contribution in [0, 0.1) is 5.92 Å². The Hall–Kier alpha value is -0.730. The summed E-state index contributed by atoms with van der Waals surface area (Å²) in [7, 11) is 0. The molecular formula is C15H20OS. The molecule has 0 spiro atoms. The Balaban J connectivity index is 2.03. The van der Waals surface area contributed by atoms with Crippen LogP contribution in [0.2, 0.25) is 0 Å². The Labute approximate surface area is 108 Å². The third kappa shape index (κ3) is 3.36. The second-order valence-corrected chi connectivity index (χ2v) is 6.35. The number of hydrogen-bond acceptors (Lipinski definition) is 2. The summed E-state index contributed by atoms with van der Waals surface area (Å²) in [4.78, 5) is 1.30. The number of thioether (sulfide) groups is 1. The van der Waals surface area contributed by atoms with Crippen molar-refractivity contribution in [2.24, 2.45) is 5.92 Å². The van der Waals surface area contributed by atoms with E-state index in [0.29, 0.717) is 5.25 Å². The lowest BCUT2D eigenvalue weighted by Crippen LogP contribution is -2.30. The molecule has 0 amide bonds. The molecule has 1 aromatic carbocycles. The van der Waals surface area contributed by atoms with E-state index in [-0.39, 0.29) is 5.92 Å². The van der Waals surface area contributed by atoms with Gasteiger partial charge in [0.05, 0.1) is 5.60 Å². The molecule has 0 saturated heterocycles. The maximum absolute atomic E-state index is 10.2.